The van der Waals surface area contributed by atoms with Gasteiger partial charge in [-0.1, -0.05) is 6.07 Å². The van der Waals surface area contributed by atoms with E-state index in [-0.39, 0.29) is 24.5 Å². The molecular formula is C15H17F2NO4. The zero-order valence-corrected chi connectivity index (χ0v) is 12.0. The number of benzene rings is 1. The van der Waals surface area contributed by atoms with E-state index in [0.717, 1.165) is 12.1 Å². The molecule has 0 bridgehead atoms. The van der Waals surface area contributed by atoms with Gasteiger partial charge in [0.2, 0.25) is 5.91 Å². The van der Waals surface area contributed by atoms with Gasteiger partial charge in [-0.3, -0.25) is 4.79 Å². The summed E-state index contributed by atoms with van der Waals surface area (Å²) >= 11 is 0. The Morgan fingerprint density at radius 3 is 2.77 bits per heavy atom. The zero-order chi connectivity index (χ0) is 16.3. The number of carbonyl (C=O) groups excluding carboxylic acids is 1. The molecule has 1 aromatic rings. The Balaban J connectivity index is 1.96. The highest BCUT2D eigenvalue weighted by Crippen LogP contribution is 2.48. The normalized spacial score (nSPS) is 21.2. The van der Waals surface area contributed by atoms with Gasteiger partial charge >= 0.3 is 5.97 Å². The molecule has 2 rings (SSSR count). The quantitative estimate of drug-likeness (QED) is 0.803. The molecule has 1 aliphatic rings. The molecule has 0 spiro atoms. The van der Waals surface area contributed by atoms with Crippen LogP contribution in [0.2, 0.25) is 0 Å². The van der Waals surface area contributed by atoms with Crippen molar-refractivity contribution in [1.29, 1.82) is 0 Å². The minimum absolute atomic E-state index is 0.153. The Hall–Kier alpha value is -2.02. The Labute approximate surface area is 126 Å². The predicted molar refractivity (Wildman–Crippen MR) is 73.3 cm³/mol. The molecule has 7 heteroatoms. The van der Waals surface area contributed by atoms with E-state index in [4.69, 9.17) is 9.84 Å². The Morgan fingerprint density at radius 2 is 2.18 bits per heavy atom. The molecule has 120 valence electrons. The summed E-state index contributed by atoms with van der Waals surface area (Å²) in [6, 6.07) is 2.21. The second kappa shape index (κ2) is 6.83. The molecule has 0 aliphatic heterocycles. The van der Waals surface area contributed by atoms with Crippen molar-refractivity contribution in [2.24, 2.45) is 5.92 Å². The number of carboxylic acids is 1. The molecule has 0 aromatic heterocycles. The first-order valence-electron chi connectivity index (χ1n) is 6.91. The fourth-order valence-corrected chi connectivity index (χ4v) is 2.40. The molecule has 1 fully saturated rings. The molecule has 0 radical (unpaired) electrons. The Morgan fingerprint density at radius 1 is 1.45 bits per heavy atom. The lowest BCUT2D eigenvalue weighted by Gasteiger charge is -2.14. The topological polar surface area (TPSA) is 75.6 Å². The van der Waals surface area contributed by atoms with Gasteiger partial charge in [-0.15, -0.1) is 0 Å². The van der Waals surface area contributed by atoms with Gasteiger partial charge in [0.1, 0.15) is 17.7 Å². The standard InChI is InChI=1S/C15H17F2NO4/c1-22-5-4-13(15(20)21)18-14(19)11-7-10(11)9-3-2-8(16)6-12(9)17/h2-3,6,10-11,13H,4-5,7H2,1H3,(H,18,19)(H,20,21). The predicted octanol–water partition coefficient (Wildman–Crippen LogP) is 1.67. The van der Waals surface area contributed by atoms with Crippen molar-refractivity contribution < 1.29 is 28.2 Å². The minimum Gasteiger partial charge on any atom is -0.480 e. The largest absolute Gasteiger partial charge is 0.480 e. The lowest BCUT2D eigenvalue weighted by Crippen LogP contribution is -2.42. The summed E-state index contributed by atoms with van der Waals surface area (Å²) in [5, 5.41) is 11.5. The van der Waals surface area contributed by atoms with Crippen molar-refractivity contribution >= 4 is 11.9 Å². The van der Waals surface area contributed by atoms with Crippen molar-refractivity contribution in [3.63, 3.8) is 0 Å². The highest BCUT2D eigenvalue weighted by Gasteiger charge is 2.46. The lowest BCUT2D eigenvalue weighted by atomic mass is 10.1. The van der Waals surface area contributed by atoms with Crippen LogP contribution in [0.1, 0.15) is 24.3 Å². The number of aliphatic carboxylic acids is 1. The number of rotatable bonds is 7. The third-order valence-corrected chi connectivity index (χ3v) is 3.71. The van der Waals surface area contributed by atoms with Gasteiger partial charge in [-0.05, 0) is 24.0 Å². The van der Waals surface area contributed by atoms with E-state index in [1.807, 2.05) is 0 Å². The van der Waals surface area contributed by atoms with Gasteiger partial charge in [-0.25, -0.2) is 13.6 Å². The number of nitrogens with one attached hydrogen (secondary N) is 1. The minimum atomic E-state index is -1.14. The molecule has 1 aliphatic carbocycles. The van der Waals surface area contributed by atoms with E-state index in [9.17, 15) is 18.4 Å². The average Bonchev–Trinajstić information content (AvgIpc) is 3.23. The third kappa shape index (κ3) is 3.79. The van der Waals surface area contributed by atoms with Crippen molar-refractivity contribution in [3.8, 4) is 0 Å². The smallest absolute Gasteiger partial charge is 0.326 e. The number of hydrogen-bond acceptors (Lipinski definition) is 3. The van der Waals surface area contributed by atoms with E-state index in [1.54, 1.807) is 0 Å². The van der Waals surface area contributed by atoms with Crippen LogP contribution in [0.25, 0.3) is 0 Å². The zero-order valence-electron chi connectivity index (χ0n) is 12.0. The van der Waals surface area contributed by atoms with Crippen molar-refractivity contribution in [2.75, 3.05) is 13.7 Å². The van der Waals surface area contributed by atoms with Crippen molar-refractivity contribution in [2.45, 2.75) is 24.8 Å². The van der Waals surface area contributed by atoms with Crippen LogP contribution in [0.15, 0.2) is 18.2 Å². The lowest BCUT2D eigenvalue weighted by molar-refractivity contribution is -0.142. The summed E-state index contributed by atoms with van der Waals surface area (Å²) in [5.41, 5.74) is 0.283. The number of hydrogen-bond donors (Lipinski definition) is 2. The molecule has 3 atom stereocenters. The van der Waals surface area contributed by atoms with E-state index in [1.165, 1.54) is 13.2 Å². The molecule has 0 saturated heterocycles. The Kier molecular flexibility index (Phi) is 5.07. The van der Waals surface area contributed by atoms with E-state index in [0.29, 0.717) is 6.42 Å². The maximum atomic E-state index is 13.7. The van der Waals surface area contributed by atoms with Crippen LogP contribution in [0.4, 0.5) is 8.78 Å². The number of carboxylic acid groups (broad SMARTS) is 1. The van der Waals surface area contributed by atoms with Crippen LogP contribution in [-0.4, -0.2) is 36.7 Å². The van der Waals surface area contributed by atoms with Crippen LogP contribution in [0, 0.1) is 17.6 Å². The number of amides is 1. The molecule has 22 heavy (non-hydrogen) atoms. The molecule has 1 amide bonds. The summed E-state index contributed by atoms with van der Waals surface area (Å²) in [7, 11) is 1.44. The molecular weight excluding hydrogens is 296 g/mol. The molecule has 5 nitrogen and oxygen atoms in total. The first-order chi connectivity index (χ1) is 10.4. The number of carbonyl (C=O) groups is 2. The first kappa shape index (κ1) is 16.4. The fraction of sp³-hybridized carbons (Fsp3) is 0.467. The van der Waals surface area contributed by atoms with Crippen LogP contribution in [0.5, 0.6) is 0 Å². The number of halogens is 2. The molecule has 2 N–H and O–H groups in total. The maximum Gasteiger partial charge on any atom is 0.326 e. The SMILES string of the molecule is COCCC(NC(=O)C1CC1c1ccc(F)cc1F)C(=O)O. The molecule has 0 heterocycles. The number of methoxy groups -OCH3 is 1. The highest BCUT2D eigenvalue weighted by molar-refractivity contribution is 5.87. The van der Waals surface area contributed by atoms with Gasteiger partial charge in [0.25, 0.3) is 0 Å². The van der Waals surface area contributed by atoms with Crippen LogP contribution < -0.4 is 5.32 Å². The summed E-state index contributed by atoms with van der Waals surface area (Å²) in [4.78, 5) is 23.1. The monoisotopic (exact) mass is 313 g/mol. The van der Waals surface area contributed by atoms with Crippen molar-refractivity contribution in [1.82, 2.24) is 5.32 Å². The molecule has 1 saturated carbocycles. The summed E-state index contributed by atoms with van der Waals surface area (Å²) in [6.45, 7) is 0.206. The summed E-state index contributed by atoms with van der Waals surface area (Å²) in [6.07, 6.45) is 0.574. The highest BCUT2D eigenvalue weighted by atomic mass is 19.1. The second-order valence-corrected chi connectivity index (χ2v) is 5.30. The molecule has 3 unspecified atom stereocenters. The van der Waals surface area contributed by atoms with Crippen LogP contribution >= 0.6 is 0 Å². The summed E-state index contributed by atoms with van der Waals surface area (Å²) < 4.78 is 31.3. The van der Waals surface area contributed by atoms with Gasteiger partial charge in [0, 0.05) is 32.1 Å². The maximum absolute atomic E-state index is 13.7. The first-order valence-corrected chi connectivity index (χ1v) is 6.91. The Bertz CT molecular complexity index is 579. The third-order valence-electron chi connectivity index (χ3n) is 3.71. The second-order valence-electron chi connectivity index (χ2n) is 5.30. The van der Waals surface area contributed by atoms with Gasteiger partial charge in [-0.2, -0.15) is 0 Å². The van der Waals surface area contributed by atoms with Crippen LogP contribution in [0.3, 0.4) is 0 Å². The van der Waals surface area contributed by atoms with Gasteiger partial charge < -0.3 is 15.2 Å². The number of ether oxygens (including phenoxy) is 1. The fourth-order valence-electron chi connectivity index (χ4n) is 2.40. The summed E-state index contributed by atoms with van der Waals surface area (Å²) in [5.74, 6) is -3.75. The van der Waals surface area contributed by atoms with Gasteiger partial charge in [0.15, 0.2) is 0 Å². The van der Waals surface area contributed by atoms with Crippen molar-refractivity contribution in [3.05, 3.63) is 35.4 Å². The van der Waals surface area contributed by atoms with E-state index >= 15 is 0 Å². The van der Waals surface area contributed by atoms with E-state index < -0.39 is 35.5 Å². The van der Waals surface area contributed by atoms with E-state index in [2.05, 4.69) is 5.32 Å². The molecule has 1 aromatic carbocycles. The van der Waals surface area contributed by atoms with Crippen LogP contribution in [-0.2, 0) is 14.3 Å². The van der Waals surface area contributed by atoms with Gasteiger partial charge in [0.05, 0.1) is 0 Å². The average molecular weight is 313 g/mol.